The van der Waals surface area contributed by atoms with Crippen molar-refractivity contribution in [3.63, 3.8) is 0 Å². The molecule has 3 aromatic rings. The fourth-order valence-electron chi connectivity index (χ4n) is 4.99. The number of nitrogens with one attached hydrogen (secondary N) is 2. The van der Waals surface area contributed by atoms with Crippen LogP contribution < -0.4 is 10.2 Å². The Kier molecular flexibility index (Phi) is 5.59. The van der Waals surface area contributed by atoms with Crippen LogP contribution in [0.15, 0.2) is 35.5 Å². The zero-order valence-electron chi connectivity index (χ0n) is 19.1. The number of imidazole rings is 1. The zero-order valence-corrected chi connectivity index (χ0v) is 19.1. The molecule has 5 rings (SSSR count). The number of allylic oxidation sites excluding steroid dienone is 1. The van der Waals surface area contributed by atoms with Crippen molar-refractivity contribution in [3.8, 4) is 0 Å². The number of rotatable bonds is 5. The number of piperidine rings is 1. The molecule has 4 heterocycles. The lowest BCUT2D eigenvalue weighted by atomic mass is 10.0. The lowest BCUT2D eigenvalue weighted by molar-refractivity contribution is 0.424. The Morgan fingerprint density at radius 2 is 2.06 bits per heavy atom. The van der Waals surface area contributed by atoms with Crippen LogP contribution in [0.2, 0.25) is 0 Å². The number of anilines is 1. The third kappa shape index (κ3) is 3.97. The van der Waals surface area contributed by atoms with Gasteiger partial charge in [0.1, 0.15) is 0 Å². The molecule has 6 nitrogen and oxygen atoms in total. The van der Waals surface area contributed by atoms with Crippen molar-refractivity contribution in [1.82, 2.24) is 19.9 Å². The van der Waals surface area contributed by atoms with E-state index in [1.54, 1.807) is 0 Å². The van der Waals surface area contributed by atoms with Gasteiger partial charge in [-0.05, 0) is 50.9 Å². The summed E-state index contributed by atoms with van der Waals surface area (Å²) in [5.74, 6) is 0.0753. The van der Waals surface area contributed by atoms with E-state index >= 15 is 0 Å². The van der Waals surface area contributed by atoms with E-state index in [9.17, 15) is 4.39 Å². The van der Waals surface area contributed by atoms with Crippen LogP contribution in [-0.2, 0) is 13.1 Å². The molecule has 0 radical (unpaired) electrons. The smallest absolute Gasteiger partial charge is 0.169 e. The minimum Gasteiger partial charge on any atom is -0.371 e. The van der Waals surface area contributed by atoms with E-state index in [1.165, 1.54) is 30.0 Å². The number of H-pyrrole nitrogens is 1. The molecule has 7 heteroatoms. The summed E-state index contributed by atoms with van der Waals surface area (Å²) in [6.07, 6.45) is 5.73. The van der Waals surface area contributed by atoms with Gasteiger partial charge in [0.25, 0.3) is 0 Å². The van der Waals surface area contributed by atoms with Crippen LogP contribution in [0.25, 0.3) is 16.7 Å². The molecule has 1 saturated heterocycles. The Morgan fingerprint density at radius 3 is 2.84 bits per heavy atom. The summed E-state index contributed by atoms with van der Waals surface area (Å²) in [4.78, 5) is 15.0. The molecule has 2 N–H and O–H groups in total. The standard InChI is InChI=1S/C25H31FN6/c1-4-27-19-7-9-31(10-8-19)23-6-5-18(24-21(23)11-16(2)29-24)13-28-20-12-22(26)25-30-17(3)14-32(25)15-20/h5-6,11-12,14,19,27,29H,4,7-10,13,15H2,1-3H3. The first-order valence-electron chi connectivity index (χ1n) is 11.6. The van der Waals surface area contributed by atoms with E-state index in [4.69, 9.17) is 4.99 Å². The van der Waals surface area contributed by atoms with Crippen molar-refractivity contribution in [1.29, 1.82) is 0 Å². The molecule has 2 aliphatic heterocycles. The highest BCUT2D eigenvalue weighted by atomic mass is 19.1. The summed E-state index contributed by atoms with van der Waals surface area (Å²) >= 11 is 0. The minimum absolute atomic E-state index is 0.319. The quantitative estimate of drug-likeness (QED) is 0.620. The maximum absolute atomic E-state index is 14.4. The van der Waals surface area contributed by atoms with Gasteiger partial charge in [-0.25, -0.2) is 9.37 Å². The maximum Gasteiger partial charge on any atom is 0.169 e. The van der Waals surface area contributed by atoms with E-state index < -0.39 is 0 Å². The van der Waals surface area contributed by atoms with Gasteiger partial charge in [-0.2, -0.15) is 0 Å². The molecule has 1 fully saturated rings. The van der Waals surface area contributed by atoms with E-state index in [1.807, 2.05) is 17.7 Å². The van der Waals surface area contributed by atoms with Gasteiger partial charge in [-0.1, -0.05) is 13.0 Å². The van der Waals surface area contributed by atoms with E-state index in [2.05, 4.69) is 52.2 Å². The van der Waals surface area contributed by atoms with Gasteiger partial charge in [-0.15, -0.1) is 0 Å². The Balaban J connectivity index is 1.39. The van der Waals surface area contributed by atoms with Gasteiger partial charge in [0, 0.05) is 48.2 Å². The second-order valence-electron chi connectivity index (χ2n) is 8.94. The van der Waals surface area contributed by atoms with Crippen molar-refractivity contribution in [2.75, 3.05) is 24.5 Å². The number of fused-ring (bicyclic) bond motifs is 2. The number of hydrogen-bond acceptors (Lipinski definition) is 4. The van der Waals surface area contributed by atoms with Crippen molar-refractivity contribution in [2.45, 2.75) is 52.7 Å². The molecule has 0 aliphatic carbocycles. The van der Waals surface area contributed by atoms with Crippen LogP contribution >= 0.6 is 0 Å². The Hall–Kier alpha value is -2.93. The molecule has 32 heavy (non-hydrogen) atoms. The van der Waals surface area contributed by atoms with E-state index in [0.29, 0.717) is 25.0 Å². The Bertz CT molecular complexity index is 1190. The molecule has 1 aromatic carbocycles. The summed E-state index contributed by atoms with van der Waals surface area (Å²) in [6.45, 7) is 10.4. The molecule has 0 spiro atoms. The number of halogens is 1. The van der Waals surface area contributed by atoms with Crippen LogP contribution in [0.5, 0.6) is 0 Å². The maximum atomic E-state index is 14.4. The zero-order chi connectivity index (χ0) is 22.2. The largest absolute Gasteiger partial charge is 0.371 e. The second-order valence-corrected chi connectivity index (χ2v) is 8.94. The van der Waals surface area contributed by atoms with E-state index in [0.717, 1.165) is 47.8 Å². The molecule has 2 aromatic heterocycles. The number of benzene rings is 1. The molecule has 0 amide bonds. The number of aliphatic imine (C=N–C) groups is 1. The summed E-state index contributed by atoms with van der Waals surface area (Å²) in [5, 5.41) is 4.83. The highest BCUT2D eigenvalue weighted by Crippen LogP contribution is 2.32. The average molecular weight is 435 g/mol. The minimum atomic E-state index is -0.319. The summed E-state index contributed by atoms with van der Waals surface area (Å²) in [5.41, 5.74) is 6.26. The molecule has 2 aliphatic rings. The first-order chi connectivity index (χ1) is 15.5. The fourth-order valence-corrected chi connectivity index (χ4v) is 4.99. The number of aromatic nitrogens is 3. The number of hydrogen-bond donors (Lipinski definition) is 2. The first kappa shape index (κ1) is 20.9. The van der Waals surface area contributed by atoms with Gasteiger partial charge < -0.3 is 19.8 Å². The monoisotopic (exact) mass is 434 g/mol. The number of aromatic amines is 1. The summed E-state index contributed by atoms with van der Waals surface area (Å²) in [6, 6.07) is 7.26. The van der Waals surface area contributed by atoms with Crippen molar-refractivity contribution in [3.05, 3.63) is 53.2 Å². The van der Waals surface area contributed by atoms with Gasteiger partial charge >= 0.3 is 0 Å². The topological polar surface area (TPSA) is 61.2 Å². The van der Waals surface area contributed by atoms with Crippen LogP contribution in [0.3, 0.4) is 0 Å². The molecule has 0 bridgehead atoms. The van der Waals surface area contributed by atoms with Crippen LogP contribution in [0.4, 0.5) is 10.1 Å². The highest BCUT2D eigenvalue weighted by Gasteiger charge is 2.22. The molecule has 168 valence electrons. The third-order valence-corrected chi connectivity index (χ3v) is 6.51. The lowest BCUT2D eigenvalue weighted by Crippen LogP contribution is -2.42. The van der Waals surface area contributed by atoms with Gasteiger partial charge in [0.15, 0.2) is 11.7 Å². The van der Waals surface area contributed by atoms with Crippen molar-refractivity contribution < 1.29 is 4.39 Å². The SMILES string of the molecule is CCNC1CCN(c2ccc(CN=C3C=C(F)c4nc(C)cn4C3)c3[nH]c(C)cc23)CC1. The first-order valence-corrected chi connectivity index (χ1v) is 11.6. The van der Waals surface area contributed by atoms with Crippen LogP contribution in [0, 0.1) is 13.8 Å². The van der Waals surface area contributed by atoms with Crippen LogP contribution in [-0.4, -0.2) is 45.9 Å². The van der Waals surface area contributed by atoms with Gasteiger partial charge in [0.05, 0.1) is 30.0 Å². The summed E-state index contributed by atoms with van der Waals surface area (Å²) < 4.78 is 16.3. The van der Waals surface area contributed by atoms with Gasteiger partial charge in [0.2, 0.25) is 0 Å². The summed E-state index contributed by atoms with van der Waals surface area (Å²) in [7, 11) is 0. The molecular formula is C25H31FN6. The van der Waals surface area contributed by atoms with Crippen molar-refractivity contribution >= 4 is 28.1 Å². The highest BCUT2D eigenvalue weighted by molar-refractivity contribution is 6.01. The predicted molar refractivity (Wildman–Crippen MR) is 129 cm³/mol. The Labute approximate surface area is 188 Å². The number of nitrogens with zero attached hydrogens (tertiary/aromatic N) is 4. The lowest BCUT2D eigenvalue weighted by Gasteiger charge is -2.34. The normalized spacial score (nSPS) is 18.4. The molecular weight excluding hydrogens is 403 g/mol. The molecule has 0 saturated carbocycles. The van der Waals surface area contributed by atoms with Crippen LogP contribution in [0.1, 0.15) is 42.5 Å². The molecule has 0 atom stereocenters. The third-order valence-electron chi connectivity index (χ3n) is 6.51. The number of aryl methyl sites for hydroxylation is 2. The van der Waals surface area contributed by atoms with Crippen molar-refractivity contribution in [2.24, 2.45) is 4.99 Å². The van der Waals surface area contributed by atoms with Gasteiger partial charge in [-0.3, -0.25) is 4.99 Å². The Morgan fingerprint density at radius 1 is 1.25 bits per heavy atom. The predicted octanol–water partition coefficient (Wildman–Crippen LogP) is 4.52. The second kappa shape index (κ2) is 8.54. The molecule has 0 unspecified atom stereocenters. The van der Waals surface area contributed by atoms with E-state index in [-0.39, 0.29) is 5.83 Å². The average Bonchev–Trinajstić information content (AvgIpc) is 3.35. The fraction of sp³-hybridized carbons (Fsp3) is 0.440.